The van der Waals surface area contributed by atoms with Gasteiger partial charge in [-0.05, 0) is 55.7 Å². The highest BCUT2D eigenvalue weighted by Crippen LogP contribution is 2.32. The molecule has 2 saturated carbocycles. The topological polar surface area (TPSA) is 101 Å². The minimum Gasteiger partial charge on any atom is -0.348 e. The van der Waals surface area contributed by atoms with Crippen molar-refractivity contribution in [2.45, 2.75) is 36.6 Å². The Labute approximate surface area is 149 Å². The quantitative estimate of drug-likeness (QED) is 0.638. The van der Waals surface area contributed by atoms with E-state index >= 15 is 0 Å². The fourth-order valence-corrected chi connectivity index (χ4v) is 3.72. The molecule has 2 fully saturated rings. The highest BCUT2D eigenvalue weighted by molar-refractivity contribution is 7.89. The number of benzene rings is 1. The van der Waals surface area contributed by atoms with E-state index in [9.17, 15) is 13.2 Å². The fraction of sp³-hybridized carbons (Fsp3) is 0.562. The average Bonchev–Trinajstić information content (AvgIpc) is 3.43. The zero-order valence-electron chi connectivity index (χ0n) is 13.4. The van der Waals surface area contributed by atoms with Crippen molar-refractivity contribution in [1.82, 2.24) is 10.0 Å². The lowest BCUT2D eigenvalue weighted by atomic mass is 10.1. The van der Waals surface area contributed by atoms with Gasteiger partial charge >= 0.3 is 0 Å². The summed E-state index contributed by atoms with van der Waals surface area (Å²) in [6.07, 6.45) is 4.32. The van der Waals surface area contributed by atoms with Crippen molar-refractivity contribution in [3.63, 3.8) is 0 Å². The van der Waals surface area contributed by atoms with Gasteiger partial charge in [0.05, 0.1) is 4.90 Å². The van der Waals surface area contributed by atoms with Crippen molar-refractivity contribution in [2.75, 3.05) is 13.1 Å². The van der Waals surface area contributed by atoms with Gasteiger partial charge < -0.3 is 11.1 Å². The van der Waals surface area contributed by atoms with Crippen molar-refractivity contribution in [3.8, 4) is 0 Å². The largest absolute Gasteiger partial charge is 0.348 e. The third kappa shape index (κ3) is 4.92. The number of sulfonamides is 1. The van der Waals surface area contributed by atoms with Crippen LogP contribution in [0, 0.1) is 11.8 Å². The number of carbonyl (C=O) groups excluding carboxylic acids is 1. The van der Waals surface area contributed by atoms with Crippen molar-refractivity contribution in [1.29, 1.82) is 0 Å². The molecule has 0 radical (unpaired) electrons. The van der Waals surface area contributed by atoms with Crippen LogP contribution in [0.4, 0.5) is 0 Å². The van der Waals surface area contributed by atoms with Gasteiger partial charge in [-0.1, -0.05) is 6.07 Å². The molecule has 1 atom stereocenters. The van der Waals surface area contributed by atoms with E-state index in [1.54, 1.807) is 12.1 Å². The van der Waals surface area contributed by atoms with E-state index < -0.39 is 10.0 Å². The Morgan fingerprint density at radius 3 is 2.54 bits per heavy atom. The number of carbonyl (C=O) groups is 1. The summed E-state index contributed by atoms with van der Waals surface area (Å²) in [5.41, 5.74) is 6.04. The Morgan fingerprint density at radius 2 is 1.96 bits per heavy atom. The fourth-order valence-electron chi connectivity index (χ4n) is 2.56. The number of nitrogens with one attached hydrogen (secondary N) is 2. The normalized spacial score (nSPS) is 18.5. The number of hydrogen-bond donors (Lipinski definition) is 3. The van der Waals surface area contributed by atoms with E-state index in [-0.39, 0.29) is 29.3 Å². The van der Waals surface area contributed by atoms with E-state index in [1.807, 2.05) is 0 Å². The van der Waals surface area contributed by atoms with Crippen LogP contribution in [0.2, 0.25) is 0 Å². The molecule has 2 aliphatic carbocycles. The molecular formula is C16H24ClN3O3S. The summed E-state index contributed by atoms with van der Waals surface area (Å²) in [7, 11) is -3.56. The van der Waals surface area contributed by atoms with Gasteiger partial charge in [0.15, 0.2) is 0 Å². The smallest absolute Gasteiger partial charge is 0.251 e. The van der Waals surface area contributed by atoms with E-state index in [4.69, 9.17) is 5.73 Å². The third-order valence-corrected chi connectivity index (χ3v) is 5.85. The van der Waals surface area contributed by atoms with Crippen molar-refractivity contribution < 1.29 is 13.2 Å². The minimum atomic E-state index is -3.56. The molecule has 134 valence electrons. The Morgan fingerprint density at radius 1 is 1.25 bits per heavy atom. The molecule has 3 rings (SSSR count). The van der Waals surface area contributed by atoms with Crippen molar-refractivity contribution in [2.24, 2.45) is 17.6 Å². The van der Waals surface area contributed by atoms with E-state index in [2.05, 4.69) is 10.0 Å². The molecule has 8 heteroatoms. The van der Waals surface area contributed by atoms with Crippen LogP contribution in [0.5, 0.6) is 0 Å². The summed E-state index contributed by atoms with van der Waals surface area (Å²) in [5.74, 6) is 0.641. The van der Waals surface area contributed by atoms with E-state index in [0.717, 1.165) is 25.7 Å². The molecule has 1 unspecified atom stereocenters. The molecule has 0 heterocycles. The molecule has 0 aromatic heterocycles. The Bertz CT molecular complexity index is 688. The van der Waals surface area contributed by atoms with Gasteiger partial charge in [-0.2, -0.15) is 0 Å². The molecule has 0 spiro atoms. The highest BCUT2D eigenvalue weighted by Gasteiger charge is 2.31. The standard InChI is InChI=1S/C16H23N3O3S.ClH/c17-9-15(12-6-7-12)19-16(20)13-2-1-3-14(8-13)23(21,22)18-10-11-4-5-11;/h1-3,8,11-12,15,18H,4-7,9-10,17H2,(H,19,20);1H. The summed E-state index contributed by atoms with van der Waals surface area (Å²) >= 11 is 0. The first-order valence-electron chi connectivity index (χ1n) is 8.10. The van der Waals surface area contributed by atoms with E-state index in [1.165, 1.54) is 12.1 Å². The SMILES string of the molecule is Cl.NCC(NC(=O)c1cccc(S(=O)(=O)NCC2CC2)c1)C1CC1. The number of hydrogen-bond acceptors (Lipinski definition) is 4. The van der Waals surface area contributed by atoms with Crippen LogP contribution in [0.1, 0.15) is 36.0 Å². The van der Waals surface area contributed by atoms with Crippen LogP contribution in [-0.4, -0.2) is 33.5 Å². The van der Waals surface area contributed by atoms with Gasteiger partial charge in [-0.15, -0.1) is 12.4 Å². The molecule has 6 nitrogen and oxygen atoms in total. The van der Waals surface area contributed by atoms with Crippen molar-refractivity contribution in [3.05, 3.63) is 29.8 Å². The Hall–Kier alpha value is -1.15. The zero-order chi connectivity index (χ0) is 16.4. The molecule has 0 saturated heterocycles. The number of nitrogens with two attached hydrogens (primary N) is 1. The lowest BCUT2D eigenvalue weighted by Gasteiger charge is -2.16. The molecule has 1 amide bonds. The molecule has 1 aromatic carbocycles. The zero-order valence-corrected chi connectivity index (χ0v) is 15.0. The maximum absolute atomic E-state index is 12.3. The van der Waals surface area contributed by atoms with Crippen LogP contribution in [0.3, 0.4) is 0 Å². The Balaban J connectivity index is 0.00000208. The predicted octanol–water partition coefficient (Wildman–Crippen LogP) is 1.26. The first kappa shape index (κ1) is 19.2. The number of amides is 1. The molecule has 0 bridgehead atoms. The van der Waals surface area contributed by atoms with Crippen LogP contribution in [-0.2, 0) is 10.0 Å². The number of halogens is 1. The summed E-state index contributed by atoms with van der Waals surface area (Å²) in [6, 6.07) is 6.11. The molecule has 4 N–H and O–H groups in total. The lowest BCUT2D eigenvalue weighted by Crippen LogP contribution is -2.41. The summed E-state index contributed by atoms with van der Waals surface area (Å²) in [4.78, 5) is 12.4. The molecular weight excluding hydrogens is 350 g/mol. The lowest BCUT2D eigenvalue weighted by molar-refractivity contribution is 0.0933. The second kappa shape index (κ2) is 7.82. The number of rotatable bonds is 8. The summed E-state index contributed by atoms with van der Waals surface area (Å²) in [5, 5.41) is 2.90. The van der Waals surface area contributed by atoms with Crippen LogP contribution >= 0.6 is 12.4 Å². The molecule has 0 aliphatic heterocycles. The first-order chi connectivity index (χ1) is 11.0. The van der Waals surface area contributed by atoms with Gasteiger partial charge in [0.2, 0.25) is 10.0 Å². The van der Waals surface area contributed by atoms with Gasteiger partial charge in [-0.25, -0.2) is 13.1 Å². The second-order valence-corrected chi connectivity index (χ2v) is 8.24. The molecule has 2 aliphatic rings. The van der Waals surface area contributed by atoms with E-state index in [0.29, 0.717) is 30.5 Å². The van der Waals surface area contributed by atoms with Gasteiger partial charge in [0.25, 0.3) is 5.91 Å². The summed E-state index contributed by atoms with van der Waals surface area (Å²) < 4.78 is 27.2. The van der Waals surface area contributed by atoms with Crippen LogP contribution in [0.25, 0.3) is 0 Å². The van der Waals surface area contributed by atoms with Gasteiger partial charge in [-0.3, -0.25) is 4.79 Å². The maximum atomic E-state index is 12.3. The van der Waals surface area contributed by atoms with Crippen LogP contribution in [0.15, 0.2) is 29.2 Å². The monoisotopic (exact) mass is 373 g/mol. The average molecular weight is 374 g/mol. The highest BCUT2D eigenvalue weighted by atomic mass is 35.5. The minimum absolute atomic E-state index is 0. The van der Waals surface area contributed by atoms with Gasteiger partial charge in [0.1, 0.15) is 0 Å². The first-order valence-corrected chi connectivity index (χ1v) is 9.58. The second-order valence-electron chi connectivity index (χ2n) is 6.48. The predicted molar refractivity (Wildman–Crippen MR) is 94.6 cm³/mol. The maximum Gasteiger partial charge on any atom is 0.251 e. The van der Waals surface area contributed by atoms with Crippen LogP contribution < -0.4 is 15.8 Å². The molecule has 1 aromatic rings. The van der Waals surface area contributed by atoms with Gasteiger partial charge in [0, 0.05) is 24.7 Å². The summed E-state index contributed by atoms with van der Waals surface area (Å²) in [6.45, 7) is 0.868. The molecule has 24 heavy (non-hydrogen) atoms. The van der Waals surface area contributed by atoms with Crippen molar-refractivity contribution >= 4 is 28.3 Å². The third-order valence-electron chi connectivity index (χ3n) is 4.43. The Kier molecular flexibility index (Phi) is 6.25.